The average molecular weight is 464 g/mol. The number of hydrogen-bond acceptors (Lipinski definition) is 3. The second kappa shape index (κ2) is 9.65. The highest BCUT2D eigenvalue weighted by Gasteiger charge is 2.39. The molecule has 0 saturated heterocycles. The molecular formula is C28H31F2N3O. The van der Waals surface area contributed by atoms with Gasteiger partial charge in [-0.3, -0.25) is 4.79 Å². The first-order valence-corrected chi connectivity index (χ1v) is 11.7. The molecule has 0 fully saturated rings. The van der Waals surface area contributed by atoms with Crippen LogP contribution in [0.5, 0.6) is 0 Å². The van der Waals surface area contributed by atoms with Gasteiger partial charge in [0.25, 0.3) is 0 Å². The third-order valence-corrected chi connectivity index (χ3v) is 6.76. The van der Waals surface area contributed by atoms with Gasteiger partial charge < -0.3 is 16.4 Å². The van der Waals surface area contributed by atoms with Crippen LogP contribution in [-0.4, -0.2) is 24.5 Å². The SMILES string of the molecule is CCc1ccc2c(c1)C(C)(NC[C@@H](N)[C@H](Cc1cc(F)cc(F)c1)NC(C)=O)c1ccccc1-2. The van der Waals surface area contributed by atoms with Crippen LogP contribution in [-0.2, 0) is 23.2 Å². The predicted octanol–water partition coefficient (Wildman–Crippen LogP) is 4.44. The van der Waals surface area contributed by atoms with Gasteiger partial charge in [0.05, 0.1) is 5.54 Å². The molecule has 6 heteroatoms. The molecule has 4 N–H and O–H groups in total. The van der Waals surface area contributed by atoms with Crippen molar-refractivity contribution >= 4 is 5.91 Å². The van der Waals surface area contributed by atoms with Crippen LogP contribution >= 0.6 is 0 Å². The summed E-state index contributed by atoms with van der Waals surface area (Å²) in [6, 6.07) is 17.3. The lowest BCUT2D eigenvalue weighted by Gasteiger charge is -2.33. The second-order valence-electron chi connectivity index (χ2n) is 9.24. The van der Waals surface area contributed by atoms with Gasteiger partial charge in [0, 0.05) is 31.6 Å². The Balaban J connectivity index is 1.60. The third kappa shape index (κ3) is 4.74. The fraction of sp³-hybridized carbons (Fsp3) is 0.321. The Kier molecular flexibility index (Phi) is 6.82. The van der Waals surface area contributed by atoms with Crippen LogP contribution in [0.1, 0.15) is 43.0 Å². The minimum absolute atomic E-state index is 0.223. The van der Waals surface area contributed by atoms with E-state index in [-0.39, 0.29) is 12.3 Å². The fourth-order valence-electron chi connectivity index (χ4n) is 4.97. The van der Waals surface area contributed by atoms with E-state index in [0.717, 1.165) is 12.5 Å². The average Bonchev–Trinajstić information content (AvgIpc) is 3.04. The molecule has 0 bridgehead atoms. The summed E-state index contributed by atoms with van der Waals surface area (Å²) in [7, 11) is 0. The summed E-state index contributed by atoms with van der Waals surface area (Å²) in [4.78, 5) is 11.9. The number of aryl methyl sites for hydroxylation is 1. The normalized spacial score (nSPS) is 18.2. The molecule has 1 aliphatic rings. The first kappa shape index (κ1) is 24.0. The van der Waals surface area contributed by atoms with Crippen LogP contribution in [0.4, 0.5) is 8.78 Å². The first-order chi connectivity index (χ1) is 16.2. The van der Waals surface area contributed by atoms with E-state index in [1.807, 2.05) is 12.1 Å². The number of hydrogen-bond donors (Lipinski definition) is 3. The highest BCUT2D eigenvalue weighted by Crippen LogP contribution is 2.47. The van der Waals surface area contributed by atoms with Crippen molar-refractivity contribution in [2.75, 3.05) is 6.54 Å². The van der Waals surface area contributed by atoms with Gasteiger partial charge in [-0.25, -0.2) is 8.78 Å². The van der Waals surface area contributed by atoms with Gasteiger partial charge in [0.15, 0.2) is 0 Å². The summed E-state index contributed by atoms with van der Waals surface area (Å²) in [5.74, 6) is -1.55. The van der Waals surface area contributed by atoms with Crippen LogP contribution in [0, 0.1) is 11.6 Å². The molecule has 4 nitrogen and oxygen atoms in total. The lowest BCUT2D eigenvalue weighted by atomic mass is 9.87. The molecule has 1 amide bonds. The molecule has 3 atom stereocenters. The molecule has 0 aliphatic heterocycles. The highest BCUT2D eigenvalue weighted by atomic mass is 19.1. The minimum Gasteiger partial charge on any atom is -0.352 e. The Hall–Kier alpha value is -3.09. The number of nitrogens with one attached hydrogen (secondary N) is 2. The van der Waals surface area contributed by atoms with Crippen LogP contribution < -0.4 is 16.4 Å². The van der Waals surface area contributed by atoms with Crippen LogP contribution in [0.3, 0.4) is 0 Å². The molecule has 3 aromatic rings. The molecule has 0 radical (unpaired) electrons. The molecule has 0 aromatic heterocycles. The number of carbonyl (C=O) groups is 1. The van der Waals surface area contributed by atoms with Gasteiger partial charge in [-0.2, -0.15) is 0 Å². The van der Waals surface area contributed by atoms with E-state index < -0.39 is 29.3 Å². The van der Waals surface area contributed by atoms with Gasteiger partial charge in [-0.15, -0.1) is 0 Å². The van der Waals surface area contributed by atoms with Crippen molar-refractivity contribution < 1.29 is 13.6 Å². The Morgan fingerprint density at radius 3 is 2.32 bits per heavy atom. The molecule has 178 valence electrons. The molecule has 0 saturated carbocycles. The monoisotopic (exact) mass is 463 g/mol. The number of halogens is 2. The van der Waals surface area contributed by atoms with E-state index in [2.05, 4.69) is 54.8 Å². The van der Waals surface area contributed by atoms with E-state index in [4.69, 9.17) is 5.73 Å². The van der Waals surface area contributed by atoms with Crippen LogP contribution in [0.2, 0.25) is 0 Å². The van der Waals surface area contributed by atoms with E-state index in [0.29, 0.717) is 12.1 Å². The standard InChI is InChI=1S/C28H31F2N3O/c1-4-18-9-10-23-22-7-5-6-8-24(22)28(3,25(23)13-18)32-16-26(31)27(33-17(2)34)14-19-11-20(29)15-21(30)12-19/h5-13,15,26-27,32H,4,14,16,31H2,1-3H3,(H,33,34)/t26-,27+,28?/m1/s1. The maximum Gasteiger partial charge on any atom is 0.217 e. The minimum atomic E-state index is -0.651. The van der Waals surface area contributed by atoms with Crippen molar-refractivity contribution in [1.29, 1.82) is 0 Å². The summed E-state index contributed by atoms with van der Waals surface area (Å²) >= 11 is 0. The zero-order valence-corrected chi connectivity index (χ0v) is 19.8. The molecule has 34 heavy (non-hydrogen) atoms. The summed E-state index contributed by atoms with van der Waals surface area (Å²) in [6.45, 7) is 6.09. The van der Waals surface area contributed by atoms with E-state index >= 15 is 0 Å². The maximum absolute atomic E-state index is 13.7. The molecule has 1 unspecified atom stereocenters. The first-order valence-electron chi connectivity index (χ1n) is 11.7. The molecule has 0 spiro atoms. The number of nitrogens with two attached hydrogens (primary N) is 1. The second-order valence-corrected chi connectivity index (χ2v) is 9.24. The van der Waals surface area contributed by atoms with Gasteiger partial charge in [0.2, 0.25) is 5.91 Å². The van der Waals surface area contributed by atoms with Gasteiger partial charge in [-0.05, 0) is 65.3 Å². The van der Waals surface area contributed by atoms with E-state index in [1.165, 1.54) is 46.9 Å². The van der Waals surface area contributed by atoms with Crippen LogP contribution in [0.15, 0.2) is 60.7 Å². The smallest absolute Gasteiger partial charge is 0.217 e. The maximum atomic E-state index is 13.7. The van der Waals surface area contributed by atoms with Crippen molar-refractivity contribution in [1.82, 2.24) is 10.6 Å². The Morgan fingerprint density at radius 2 is 1.65 bits per heavy atom. The lowest BCUT2D eigenvalue weighted by Crippen LogP contribution is -2.55. The van der Waals surface area contributed by atoms with Crippen molar-refractivity contribution in [2.45, 2.75) is 51.2 Å². The van der Waals surface area contributed by atoms with Crippen LogP contribution in [0.25, 0.3) is 11.1 Å². The van der Waals surface area contributed by atoms with Gasteiger partial charge in [-0.1, -0.05) is 49.4 Å². The fourth-order valence-corrected chi connectivity index (χ4v) is 4.97. The largest absolute Gasteiger partial charge is 0.352 e. The quantitative estimate of drug-likeness (QED) is 0.463. The molecule has 1 aliphatic carbocycles. The molecule has 4 rings (SSSR count). The highest BCUT2D eigenvalue weighted by molar-refractivity contribution is 5.81. The van der Waals surface area contributed by atoms with Crippen molar-refractivity contribution in [3.05, 3.63) is 94.6 Å². The van der Waals surface area contributed by atoms with Gasteiger partial charge in [0.1, 0.15) is 11.6 Å². The third-order valence-electron chi connectivity index (χ3n) is 6.76. The number of amides is 1. The number of fused-ring (bicyclic) bond motifs is 3. The summed E-state index contributed by atoms with van der Waals surface area (Å²) < 4.78 is 27.4. The molecule has 0 heterocycles. The predicted molar refractivity (Wildman–Crippen MR) is 131 cm³/mol. The summed E-state index contributed by atoms with van der Waals surface area (Å²) in [5, 5.41) is 6.52. The van der Waals surface area contributed by atoms with Crippen molar-refractivity contribution in [3.63, 3.8) is 0 Å². The zero-order chi connectivity index (χ0) is 24.5. The Labute approximate surface area is 199 Å². The molecular weight excluding hydrogens is 432 g/mol. The lowest BCUT2D eigenvalue weighted by molar-refractivity contribution is -0.119. The topological polar surface area (TPSA) is 67.2 Å². The Morgan fingerprint density at radius 1 is 0.971 bits per heavy atom. The molecule has 3 aromatic carbocycles. The Bertz CT molecular complexity index is 1190. The number of benzene rings is 3. The zero-order valence-electron chi connectivity index (χ0n) is 19.8. The van der Waals surface area contributed by atoms with Crippen molar-refractivity contribution in [2.24, 2.45) is 5.73 Å². The van der Waals surface area contributed by atoms with Crippen molar-refractivity contribution in [3.8, 4) is 11.1 Å². The summed E-state index contributed by atoms with van der Waals surface area (Å²) in [5.41, 5.74) is 12.6. The van der Waals surface area contributed by atoms with Gasteiger partial charge >= 0.3 is 0 Å². The van der Waals surface area contributed by atoms with E-state index in [1.54, 1.807) is 0 Å². The summed E-state index contributed by atoms with van der Waals surface area (Å²) in [6.07, 6.45) is 1.16. The number of rotatable bonds is 8. The number of carbonyl (C=O) groups excluding carboxylic acids is 1. The van der Waals surface area contributed by atoms with E-state index in [9.17, 15) is 13.6 Å².